The molecule has 2 aromatic rings. The van der Waals surface area contributed by atoms with E-state index in [0.29, 0.717) is 18.3 Å². The fourth-order valence-corrected chi connectivity index (χ4v) is 1.84. The second-order valence-corrected chi connectivity index (χ2v) is 4.59. The molecule has 98 valence electrons. The highest BCUT2D eigenvalue weighted by molar-refractivity contribution is 5.47. The molecule has 19 heavy (non-hydrogen) atoms. The summed E-state index contributed by atoms with van der Waals surface area (Å²) in [7, 11) is 0. The molecule has 1 saturated carbocycles. The van der Waals surface area contributed by atoms with Gasteiger partial charge in [0, 0.05) is 18.2 Å². The normalized spacial score (nSPS) is 14.2. The van der Waals surface area contributed by atoms with Crippen LogP contribution < -0.4 is 16.6 Å². The van der Waals surface area contributed by atoms with Crippen LogP contribution in [0.1, 0.15) is 30.3 Å². The molecule has 2 aromatic heterocycles. The van der Waals surface area contributed by atoms with Crippen molar-refractivity contribution in [3.8, 4) is 0 Å². The van der Waals surface area contributed by atoms with E-state index in [1.54, 1.807) is 12.3 Å². The minimum atomic E-state index is 0.490. The SMILES string of the molecule is NNc1cc(NCc2ccccn2)nc(C2CC2)n1. The third-order valence-corrected chi connectivity index (χ3v) is 3.01. The number of hydrogen-bond donors (Lipinski definition) is 3. The first-order valence-corrected chi connectivity index (χ1v) is 6.34. The molecule has 6 nitrogen and oxygen atoms in total. The summed E-state index contributed by atoms with van der Waals surface area (Å²) in [4.78, 5) is 13.1. The molecule has 0 atom stereocenters. The molecule has 3 rings (SSSR count). The summed E-state index contributed by atoms with van der Waals surface area (Å²) < 4.78 is 0. The van der Waals surface area contributed by atoms with Crippen LogP contribution in [0.5, 0.6) is 0 Å². The Morgan fingerprint density at radius 3 is 2.74 bits per heavy atom. The van der Waals surface area contributed by atoms with Crippen molar-refractivity contribution in [2.24, 2.45) is 5.84 Å². The predicted octanol–water partition coefficient (Wildman–Crippen LogP) is 1.65. The highest BCUT2D eigenvalue weighted by Crippen LogP contribution is 2.38. The van der Waals surface area contributed by atoms with Gasteiger partial charge in [0.15, 0.2) is 0 Å². The van der Waals surface area contributed by atoms with Crippen molar-refractivity contribution in [3.63, 3.8) is 0 Å². The van der Waals surface area contributed by atoms with E-state index in [2.05, 4.69) is 25.7 Å². The van der Waals surface area contributed by atoms with Crippen LogP contribution in [-0.4, -0.2) is 15.0 Å². The first-order chi connectivity index (χ1) is 9.35. The highest BCUT2D eigenvalue weighted by atomic mass is 15.3. The Balaban J connectivity index is 1.74. The summed E-state index contributed by atoms with van der Waals surface area (Å²) in [6.07, 6.45) is 4.10. The number of nitrogens with two attached hydrogens (primary N) is 1. The van der Waals surface area contributed by atoms with Gasteiger partial charge in [-0.3, -0.25) is 4.98 Å². The van der Waals surface area contributed by atoms with Gasteiger partial charge in [0.1, 0.15) is 17.5 Å². The van der Waals surface area contributed by atoms with Gasteiger partial charge in [-0.05, 0) is 25.0 Å². The van der Waals surface area contributed by atoms with Gasteiger partial charge in [-0.15, -0.1) is 0 Å². The van der Waals surface area contributed by atoms with Crippen molar-refractivity contribution in [3.05, 3.63) is 42.0 Å². The number of rotatable bonds is 5. The number of hydrogen-bond acceptors (Lipinski definition) is 6. The number of nitrogen functional groups attached to an aromatic ring is 1. The average molecular weight is 256 g/mol. The predicted molar refractivity (Wildman–Crippen MR) is 73.4 cm³/mol. The first-order valence-electron chi connectivity index (χ1n) is 6.34. The van der Waals surface area contributed by atoms with Gasteiger partial charge in [0.05, 0.1) is 12.2 Å². The molecule has 4 N–H and O–H groups in total. The Morgan fingerprint density at radius 2 is 2.05 bits per heavy atom. The summed E-state index contributed by atoms with van der Waals surface area (Å²) in [5, 5.41) is 3.25. The number of anilines is 2. The minimum Gasteiger partial charge on any atom is -0.364 e. The van der Waals surface area contributed by atoms with Crippen molar-refractivity contribution in [1.82, 2.24) is 15.0 Å². The lowest BCUT2D eigenvalue weighted by Crippen LogP contribution is -2.12. The van der Waals surface area contributed by atoms with Gasteiger partial charge in [-0.2, -0.15) is 0 Å². The molecule has 1 fully saturated rings. The van der Waals surface area contributed by atoms with E-state index in [-0.39, 0.29) is 0 Å². The van der Waals surface area contributed by atoms with E-state index in [1.807, 2.05) is 18.2 Å². The summed E-state index contributed by atoms with van der Waals surface area (Å²) in [6.45, 7) is 0.631. The van der Waals surface area contributed by atoms with Gasteiger partial charge in [-0.1, -0.05) is 6.07 Å². The molecule has 1 aliphatic rings. The molecule has 1 aliphatic carbocycles. The molecule has 0 bridgehead atoms. The van der Waals surface area contributed by atoms with Crippen molar-refractivity contribution in [2.75, 3.05) is 10.7 Å². The van der Waals surface area contributed by atoms with Gasteiger partial charge < -0.3 is 10.7 Å². The quantitative estimate of drug-likeness (QED) is 0.557. The molecule has 0 saturated heterocycles. The van der Waals surface area contributed by atoms with Crippen LogP contribution in [0, 0.1) is 0 Å². The van der Waals surface area contributed by atoms with Gasteiger partial charge >= 0.3 is 0 Å². The van der Waals surface area contributed by atoms with Crippen LogP contribution in [0.25, 0.3) is 0 Å². The molecular weight excluding hydrogens is 240 g/mol. The second kappa shape index (κ2) is 5.19. The van der Waals surface area contributed by atoms with Crippen molar-refractivity contribution < 1.29 is 0 Å². The summed E-state index contributed by atoms with van der Waals surface area (Å²) >= 11 is 0. The lowest BCUT2D eigenvalue weighted by molar-refractivity contribution is 0.916. The molecular formula is C13H16N6. The van der Waals surface area contributed by atoms with E-state index in [9.17, 15) is 0 Å². The molecule has 0 aromatic carbocycles. The fourth-order valence-electron chi connectivity index (χ4n) is 1.84. The van der Waals surface area contributed by atoms with Crippen molar-refractivity contribution in [2.45, 2.75) is 25.3 Å². The maximum absolute atomic E-state index is 5.44. The largest absolute Gasteiger partial charge is 0.364 e. The molecule has 6 heteroatoms. The molecule has 0 radical (unpaired) electrons. The highest BCUT2D eigenvalue weighted by Gasteiger charge is 2.27. The number of nitrogens with one attached hydrogen (secondary N) is 2. The Kier molecular flexibility index (Phi) is 3.24. The smallest absolute Gasteiger partial charge is 0.145 e. The first kappa shape index (κ1) is 11.9. The van der Waals surface area contributed by atoms with Crippen LogP contribution in [0.4, 0.5) is 11.6 Å². The van der Waals surface area contributed by atoms with Crippen LogP contribution in [0.3, 0.4) is 0 Å². The fraction of sp³-hybridized carbons (Fsp3) is 0.308. The van der Waals surface area contributed by atoms with E-state index in [0.717, 1.165) is 30.2 Å². The lowest BCUT2D eigenvalue weighted by Gasteiger charge is -2.09. The van der Waals surface area contributed by atoms with Crippen LogP contribution in [0.15, 0.2) is 30.5 Å². The van der Waals surface area contributed by atoms with Gasteiger partial charge in [0.25, 0.3) is 0 Å². The minimum absolute atomic E-state index is 0.490. The maximum Gasteiger partial charge on any atom is 0.145 e. The Hall–Kier alpha value is -2.21. The topological polar surface area (TPSA) is 88.8 Å². The second-order valence-electron chi connectivity index (χ2n) is 4.59. The summed E-state index contributed by atoms with van der Waals surface area (Å²) in [5.41, 5.74) is 3.55. The average Bonchev–Trinajstić information content (AvgIpc) is 3.30. The summed E-state index contributed by atoms with van der Waals surface area (Å²) in [6, 6.07) is 7.63. The zero-order chi connectivity index (χ0) is 13.1. The number of hydrazine groups is 1. The molecule has 0 amide bonds. The standard InChI is InChI=1S/C13H16N6/c14-19-12-7-11(17-13(18-12)9-4-5-9)16-8-10-3-1-2-6-15-10/h1-3,6-7,9H,4-5,8,14H2,(H2,16,17,18,19). The Labute approximate surface area is 111 Å². The van der Waals surface area contributed by atoms with Crippen LogP contribution >= 0.6 is 0 Å². The zero-order valence-electron chi connectivity index (χ0n) is 10.5. The van der Waals surface area contributed by atoms with Gasteiger partial charge in [0.2, 0.25) is 0 Å². The third kappa shape index (κ3) is 2.97. The van der Waals surface area contributed by atoms with Gasteiger partial charge in [-0.25, -0.2) is 15.8 Å². The Bertz CT molecular complexity index is 552. The molecule has 2 heterocycles. The van der Waals surface area contributed by atoms with E-state index < -0.39 is 0 Å². The van der Waals surface area contributed by atoms with E-state index in [4.69, 9.17) is 5.84 Å². The Morgan fingerprint density at radius 1 is 1.21 bits per heavy atom. The van der Waals surface area contributed by atoms with E-state index in [1.165, 1.54) is 0 Å². The van der Waals surface area contributed by atoms with Crippen molar-refractivity contribution >= 4 is 11.6 Å². The molecule has 0 unspecified atom stereocenters. The number of aromatic nitrogens is 3. The number of pyridine rings is 1. The monoisotopic (exact) mass is 256 g/mol. The van der Waals surface area contributed by atoms with Crippen LogP contribution in [-0.2, 0) is 6.54 Å². The van der Waals surface area contributed by atoms with Crippen LogP contribution in [0.2, 0.25) is 0 Å². The third-order valence-electron chi connectivity index (χ3n) is 3.01. The van der Waals surface area contributed by atoms with E-state index >= 15 is 0 Å². The number of nitrogens with zero attached hydrogens (tertiary/aromatic N) is 3. The summed E-state index contributed by atoms with van der Waals surface area (Å²) in [5.74, 6) is 8.20. The lowest BCUT2D eigenvalue weighted by atomic mass is 10.3. The molecule has 0 aliphatic heterocycles. The maximum atomic E-state index is 5.44. The van der Waals surface area contributed by atoms with Crippen molar-refractivity contribution in [1.29, 1.82) is 0 Å². The zero-order valence-corrected chi connectivity index (χ0v) is 10.5. The molecule has 0 spiro atoms.